The molecule has 0 bridgehead atoms. The monoisotopic (exact) mass is 336 g/mol. The molecule has 1 aliphatic rings. The summed E-state index contributed by atoms with van der Waals surface area (Å²) in [6, 6.07) is 5.00. The van der Waals surface area contributed by atoms with Gasteiger partial charge in [0.25, 0.3) is 0 Å². The zero-order valence-electron chi connectivity index (χ0n) is 11.5. The average Bonchev–Trinajstić information content (AvgIpc) is 2.38. The van der Waals surface area contributed by atoms with Crippen molar-refractivity contribution in [3.05, 3.63) is 24.3 Å². The number of halogens is 1. The molecule has 1 saturated heterocycles. The van der Waals surface area contributed by atoms with Crippen molar-refractivity contribution in [2.24, 2.45) is 5.92 Å². The summed E-state index contributed by atoms with van der Waals surface area (Å²) in [5, 5.41) is 0. The largest absolute Gasteiger partial charge is 0.334 e. The van der Waals surface area contributed by atoms with Crippen LogP contribution in [0.1, 0.15) is 19.8 Å². The summed E-state index contributed by atoms with van der Waals surface area (Å²) < 4.78 is 63.1. The molecule has 6 nitrogen and oxygen atoms in total. The number of nitrogens with zero attached hydrogens (tertiary/aromatic N) is 1. The van der Waals surface area contributed by atoms with Crippen LogP contribution < -0.4 is 4.72 Å². The van der Waals surface area contributed by atoms with Crippen LogP contribution in [0.15, 0.2) is 29.2 Å². The molecule has 2 rings (SSSR count). The fraction of sp³-hybridized carbons (Fsp3) is 0.500. The van der Waals surface area contributed by atoms with E-state index >= 15 is 0 Å². The highest BCUT2D eigenvalue weighted by atomic mass is 32.3. The lowest BCUT2D eigenvalue weighted by atomic mass is 10.0. The van der Waals surface area contributed by atoms with Crippen molar-refractivity contribution >= 4 is 26.1 Å². The second-order valence-corrected chi connectivity index (χ2v) is 8.11. The third-order valence-corrected chi connectivity index (χ3v) is 5.88. The highest BCUT2D eigenvalue weighted by Gasteiger charge is 2.28. The number of hydrogen-bond acceptors (Lipinski definition) is 4. The van der Waals surface area contributed by atoms with E-state index in [-0.39, 0.29) is 5.69 Å². The number of nitrogens with one attached hydrogen (secondary N) is 1. The first kappa shape index (κ1) is 16.2. The first-order valence-corrected chi connectivity index (χ1v) is 9.34. The fourth-order valence-corrected chi connectivity index (χ4v) is 4.16. The van der Waals surface area contributed by atoms with Gasteiger partial charge >= 0.3 is 20.4 Å². The summed E-state index contributed by atoms with van der Waals surface area (Å²) >= 11 is 0. The van der Waals surface area contributed by atoms with Crippen LogP contribution in [-0.4, -0.2) is 34.2 Å². The Hall–Kier alpha value is -1.19. The summed E-state index contributed by atoms with van der Waals surface area (Å²) in [5.74, 6) is 0.454. The summed E-state index contributed by atoms with van der Waals surface area (Å²) in [6.45, 7) is 2.77. The van der Waals surface area contributed by atoms with Crippen LogP contribution >= 0.6 is 0 Å². The Labute approximate surface area is 124 Å². The second-order valence-electron chi connectivity index (χ2n) is 5.12. The van der Waals surface area contributed by atoms with Gasteiger partial charge in [-0.2, -0.15) is 21.1 Å². The van der Waals surface area contributed by atoms with Gasteiger partial charge in [-0.3, -0.25) is 4.72 Å². The molecule has 1 aliphatic heterocycles. The molecule has 118 valence electrons. The third kappa shape index (κ3) is 3.92. The Morgan fingerprint density at radius 1 is 1.14 bits per heavy atom. The summed E-state index contributed by atoms with van der Waals surface area (Å²) in [7, 11) is -8.88. The Kier molecular flexibility index (Phi) is 4.54. The van der Waals surface area contributed by atoms with Crippen molar-refractivity contribution < 1.29 is 20.7 Å². The van der Waals surface area contributed by atoms with Crippen molar-refractivity contribution in [3.63, 3.8) is 0 Å². The molecule has 0 unspecified atom stereocenters. The SMILES string of the molecule is CC1CCN(S(=O)(=O)Nc2ccccc2S(=O)(=O)F)CC1. The highest BCUT2D eigenvalue weighted by molar-refractivity contribution is 7.90. The first-order chi connectivity index (χ1) is 9.70. The zero-order chi connectivity index (χ0) is 15.7. The normalized spacial score (nSPS) is 18.6. The van der Waals surface area contributed by atoms with Crippen LogP contribution in [0.4, 0.5) is 9.57 Å². The molecule has 0 radical (unpaired) electrons. The van der Waals surface area contributed by atoms with Crippen LogP contribution in [0.5, 0.6) is 0 Å². The number of para-hydroxylation sites is 1. The van der Waals surface area contributed by atoms with E-state index in [1.54, 1.807) is 0 Å². The molecule has 1 fully saturated rings. The van der Waals surface area contributed by atoms with Crippen LogP contribution in [-0.2, 0) is 20.4 Å². The molecule has 0 aliphatic carbocycles. The van der Waals surface area contributed by atoms with E-state index in [1.807, 2.05) is 6.92 Å². The van der Waals surface area contributed by atoms with Crippen LogP contribution in [0.25, 0.3) is 0 Å². The van der Waals surface area contributed by atoms with Gasteiger partial charge in [0.2, 0.25) is 0 Å². The molecular weight excluding hydrogens is 319 g/mol. The molecule has 1 heterocycles. The Morgan fingerprint density at radius 2 is 1.71 bits per heavy atom. The van der Waals surface area contributed by atoms with Crippen LogP contribution in [0.2, 0.25) is 0 Å². The lowest BCUT2D eigenvalue weighted by Crippen LogP contribution is -2.41. The quantitative estimate of drug-likeness (QED) is 0.849. The van der Waals surface area contributed by atoms with E-state index in [9.17, 15) is 20.7 Å². The molecule has 21 heavy (non-hydrogen) atoms. The predicted molar refractivity (Wildman–Crippen MR) is 77.2 cm³/mol. The van der Waals surface area contributed by atoms with Gasteiger partial charge < -0.3 is 0 Å². The number of benzene rings is 1. The van der Waals surface area contributed by atoms with Gasteiger partial charge in [0.15, 0.2) is 0 Å². The lowest BCUT2D eigenvalue weighted by Gasteiger charge is -2.29. The summed E-state index contributed by atoms with van der Waals surface area (Å²) in [6.07, 6.45) is 1.48. The summed E-state index contributed by atoms with van der Waals surface area (Å²) in [5.41, 5.74) is -0.279. The molecule has 1 aromatic rings. The standard InChI is InChI=1S/C12H17FN2O4S2/c1-10-6-8-15(9-7-10)21(18,19)14-11-4-2-3-5-12(11)20(13,16)17/h2-5,10,14H,6-9H2,1H3. The zero-order valence-corrected chi connectivity index (χ0v) is 13.1. The van der Waals surface area contributed by atoms with Crippen molar-refractivity contribution in [3.8, 4) is 0 Å². The van der Waals surface area contributed by atoms with E-state index in [2.05, 4.69) is 4.72 Å². The number of piperidine rings is 1. The molecule has 0 amide bonds. The topological polar surface area (TPSA) is 83.6 Å². The van der Waals surface area contributed by atoms with E-state index < -0.39 is 25.3 Å². The van der Waals surface area contributed by atoms with Gasteiger partial charge in [0.05, 0.1) is 5.69 Å². The third-order valence-electron chi connectivity index (χ3n) is 3.47. The molecule has 0 aromatic heterocycles. The summed E-state index contributed by atoms with van der Waals surface area (Å²) in [4.78, 5) is -0.682. The van der Waals surface area contributed by atoms with Gasteiger partial charge in [-0.05, 0) is 30.9 Å². The Morgan fingerprint density at radius 3 is 2.29 bits per heavy atom. The maximum atomic E-state index is 13.2. The molecule has 0 atom stereocenters. The smallest absolute Gasteiger partial charge is 0.269 e. The maximum absolute atomic E-state index is 13.2. The lowest BCUT2D eigenvalue weighted by molar-refractivity contribution is 0.289. The van der Waals surface area contributed by atoms with Gasteiger partial charge in [-0.25, -0.2) is 0 Å². The molecule has 0 spiro atoms. The number of hydrogen-bond donors (Lipinski definition) is 1. The molecular formula is C12H17FN2O4S2. The van der Waals surface area contributed by atoms with Crippen molar-refractivity contribution in [2.75, 3.05) is 17.8 Å². The van der Waals surface area contributed by atoms with E-state index in [0.29, 0.717) is 19.0 Å². The Balaban J connectivity index is 2.26. The first-order valence-electron chi connectivity index (χ1n) is 6.52. The van der Waals surface area contributed by atoms with Crippen molar-refractivity contribution in [1.29, 1.82) is 0 Å². The van der Waals surface area contributed by atoms with Gasteiger partial charge in [0.1, 0.15) is 4.90 Å². The second kappa shape index (κ2) is 5.90. The minimum atomic E-state index is -4.99. The fourth-order valence-electron chi connectivity index (χ4n) is 2.19. The maximum Gasteiger partial charge on any atom is 0.334 e. The van der Waals surface area contributed by atoms with Crippen molar-refractivity contribution in [2.45, 2.75) is 24.7 Å². The number of rotatable bonds is 4. The highest BCUT2D eigenvalue weighted by Crippen LogP contribution is 2.25. The van der Waals surface area contributed by atoms with Gasteiger partial charge in [0, 0.05) is 13.1 Å². The van der Waals surface area contributed by atoms with Gasteiger partial charge in [-0.15, -0.1) is 3.89 Å². The molecule has 0 saturated carbocycles. The van der Waals surface area contributed by atoms with Crippen LogP contribution in [0, 0.1) is 5.92 Å². The van der Waals surface area contributed by atoms with Gasteiger partial charge in [-0.1, -0.05) is 19.1 Å². The minimum absolute atomic E-state index is 0.279. The molecule has 1 aromatic carbocycles. The van der Waals surface area contributed by atoms with Crippen LogP contribution in [0.3, 0.4) is 0 Å². The predicted octanol–water partition coefficient (Wildman–Crippen LogP) is 1.73. The molecule has 1 N–H and O–H groups in total. The van der Waals surface area contributed by atoms with Crippen molar-refractivity contribution in [1.82, 2.24) is 4.31 Å². The number of anilines is 1. The minimum Gasteiger partial charge on any atom is -0.269 e. The Bertz CT molecular complexity index is 711. The van der Waals surface area contributed by atoms with E-state index in [4.69, 9.17) is 0 Å². The molecule has 9 heteroatoms. The van der Waals surface area contributed by atoms with E-state index in [1.165, 1.54) is 22.5 Å². The van der Waals surface area contributed by atoms with E-state index in [0.717, 1.165) is 18.9 Å². The average molecular weight is 336 g/mol.